The van der Waals surface area contributed by atoms with Gasteiger partial charge in [0.05, 0.1) is 17.3 Å². The van der Waals surface area contributed by atoms with Crippen molar-refractivity contribution in [3.63, 3.8) is 0 Å². The van der Waals surface area contributed by atoms with Crippen molar-refractivity contribution in [3.05, 3.63) is 41.7 Å². The number of nitrogens with one attached hydrogen (secondary N) is 2. The zero-order chi connectivity index (χ0) is 18.4. The average molecular weight is 376 g/mol. The molecule has 0 aliphatic carbocycles. The minimum Gasteiger partial charge on any atom is -0.468 e. The SMILES string of the molecule is CN=C(NCC(c1ccco1)N(C)C)NC1CCN(c2cccs2)CC1. The Hall–Kier alpha value is -1.99. The molecule has 0 spiro atoms. The first-order valence-corrected chi connectivity index (χ1v) is 10.0. The summed E-state index contributed by atoms with van der Waals surface area (Å²) in [6, 6.07) is 8.90. The van der Waals surface area contributed by atoms with Gasteiger partial charge in [0.1, 0.15) is 5.76 Å². The van der Waals surface area contributed by atoms with Crippen molar-refractivity contribution < 1.29 is 4.42 Å². The molecule has 0 amide bonds. The molecule has 0 saturated carbocycles. The first-order valence-electron chi connectivity index (χ1n) is 9.13. The minimum atomic E-state index is 0.171. The van der Waals surface area contributed by atoms with Crippen molar-refractivity contribution in [2.24, 2.45) is 4.99 Å². The van der Waals surface area contributed by atoms with E-state index in [9.17, 15) is 0 Å². The van der Waals surface area contributed by atoms with Gasteiger partial charge in [-0.1, -0.05) is 0 Å². The van der Waals surface area contributed by atoms with Gasteiger partial charge in [-0.05, 0) is 56.6 Å². The number of thiophene rings is 1. The third-order valence-corrected chi connectivity index (χ3v) is 5.76. The van der Waals surface area contributed by atoms with Crippen LogP contribution in [0.15, 0.2) is 45.3 Å². The first-order chi connectivity index (χ1) is 12.7. The molecule has 1 atom stereocenters. The van der Waals surface area contributed by atoms with Crippen LogP contribution in [0.1, 0.15) is 24.6 Å². The average Bonchev–Trinajstić information content (AvgIpc) is 3.35. The highest BCUT2D eigenvalue weighted by Gasteiger charge is 2.22. The van der Waals surface area contributed by atoms with Crippen molar-refractivity contribution in [1.29, 1.82) is 0 Å². The number of hydrogen-bond acceptors (Lipinski definition) is 5. The summed E-state index contributed by atoms with van der Waals surface area (Å²) < 4.78 is 5.57. The van der Waals surface area contributed by atoms with Crippen molar-refractivity contribution in [2.45, 2.75) is 24.9 Å². The van der Waals surface area contributed by atoms with Crippen molar-refractivity contribution in [1.82, 2.24) is 15.5 Å². The molecule has 3 heterocycles. The predicted molar refractivity (Wildman–Crippen MR) is 109 cm³/mol. The van der Waals surface area contributed by atoms with Crippen LogP contribution in [0.2, 0.25) is 0 Å². The van der Waals surface area contributed by atoms with Gasteiger partial charge in [-0.2, -0.15) is 0 Å². The quantitative estimate of drug-likeness (QED) is 0.601. The van der Waals surface area contributed by atoms with E-state index in [0.717, 1.165) is 44.2 Å². The molecule has 3 rings (SSSR count). The van der Waals surface area contributed by atoms with Gasteiger partial charge in [-0.15, -0.1) is 11.3 Å². The van der Waals surface area contributed by atoms with Gasteiger partial charge < -0.3 is 20.0 Å². The van der Waals surface area contributed by atoms with E-state index < -0.39 is 0 Å². The number of nitrogens with zero attached hydrogens (tertiary/aromatic N) is 3. The van der Waals surface area contributed by atoms with Crippen LogP contribution < -0.4 is 15.5 Å². The number of anilines is 1. The van der Waals surface area contributed by atoms with Gasteiger partial charge in [-0.25, -0.2) is 0 Å². The number of guanidine groups is 1. The molecule has 2 aromatic heterocycles. The number of aliphatic imine (C=N–C) groups is 1. The predicted octanol–water partition coefficient (Wildman–Crippen LogP) is 2.78. The van der Waals surface area contributed by atoms with Crippen LogP contribution in [0.3, 0.4) is 0 Å². The monoisotopic (exact) mass is 375 g/mol. The molecule has 0 radical (unpaired) electrons. The van der Waals surface area contributed by atoms with E-state index in [1.165, 1.54) is 5.00 Å². The highest BCUT2D eigenvalue weighted by atomic mass is 32.1. The molecule has 2 aromatic rings. The zero-order valence-electron chi connectivity index (χ0n) is 15.8. The van der Waals surface area contributed by atoms with Crippen molar-refractivity contribution >= 4 is 22.3 Å². The van der Waals surface area contributed by atoms with E-state index in [2.05, 4.69) is 57.0 Å². The van der Waals surface area contributed by atoms with E-state index in [-0.39, 0.29) is 6.04 Å². The molecule has 2 N–H and O–H groups in total. The third kappa shape index (κ3) is 4.80. The number of likely N-dealkylation sites (N-methyl/N-ethyl adjacent to an activating group) is 1. The van der Waals surface area contributed by atoms with E-state index in [4.69, 9.17) is 4.42 Å². The van der Waals surface area contributed by atoms with E-state index >= 15 is 0 Å². The Bertz CT molecular complexity index is 660. The second-order valence-electron chi connectivity index (χ2n) is 6.80. The fourth-order valence-electron chi connectivity index (χ4n) is 3.29. The molecule has 0 aromatic carbocycles. The van der Waals surface area contributed by atoms with Gasteiger partial charge in [0.2, 0.25) is 0 Å². The van der Waals surface area contributed by atoms with Crippen LogP contribution in [0.25, 0.3) is 0 Å². The maximum Gasteiger partial charge on any atom is 0.191 e. The molecule has 7 heteroatoms. The Morgan fingerprint density at radius 3 is 2.73 bits per heavy atom. The largest absolute Gasteiger partial charge is 0.468 e. The Kier molecular flexibility index (Phi) is 6.57. The number of rotatable bonds is 6. The summed E-state index contributed by atoms with van der Waals surface area (Å²) in [5.74, 6) is 1.82. The lowest BCUT2D eigenvalue weighted by Gasteiger charge is -2.34. The summed E-state index contributed by atoms with van der Waals surface area (Å²) in [5, 5.41) is 10.5. The smallest absolute Gasteiger partial charge is 0.191 e. The summed E-state index contributed by atoms with van der Waals surface area (Å²) >= 11 is 1.82. The molecule has 0 bridgehead atoms. The van der Waals surface area contributed by atoms with Gasteiger partial charge >= 0.3 is 0 Å². The Labute approximate surface area is 159 Å². The molecule has 1 fully saturated rings. The molecule has 1 aliphatic heterocycles. The molecular weight excluding hydrogens is 346 g/mol. The Morgan fingerprint density at radius 2 is 2.15 bits per heavy atom. The molecule has 142 valence electrons. The highest BCUT2D eigenvalue weighted by Crippen LogP contribution is 2.24. The topological polar surface area (TPSA) is 56.0 Å². The lowest BCUT2D eigenvalue weighted by molar-refractivity contribution is 0.257. The van der Waals surface area contributed by atoms with Crippen LogP contribution in [0.5, 0.6) is 0 Å². The summed E-state index contributed by atoms with van der Waals surface area (Å²) in [6.45, 7) is 2.91. The van der Waals surface area contributed by atoms with Crippen LogP contribution in [-0.4, -0.2) is 57.7 Å². The fourth-order valence-corrected chi connectivity index (χ4v) is 4.08. The van der Waals surface area contributed by atoms with Crippen molar-refractivity contribution in [3.8, 4) is 0 Å². The van der Waals surface area contributed by atoms with E-state index in [0.29, 0.717) is 6.04 Å². The van der Waals surface area contributed by atoms with Crippen LogP contribution >= 0.6 is 11.3 Å². The number of hydrogen-bond donors (Lipinski definition) is 2. The number of piperidine rings is 1. The first kappa shape index (κ1) is 18.8. The van der Waals surface area contributed by atoms with Gasteiger partial charge in [0.15, 0.2) is 5.96 Å². The van der Waals surface area contributed by atoms with Gasteiger partial charge in [0, 0.05) is 32.7 Å². The molecule has 1 saturated heterocycles. The molecule has 26 heavy (non-hydrogen) atoms. The van der Waals surface area contributed by atoms with E-state index in [1.54, 1.807) is 6.26 Å². The molecule has 6 nitrogen and oxygen atoms in total. The highest BCUT2D eigenvalue weighted by molar-refractivity contribution is 7.14. The fraction of sp³-hybridized carbons (Fsp3) is 0.526. The summed E-state index contributed by atoms with van der Waals surface area (Å²) in [7, 11) is 5.95. The van der Waals surface area contributed by atoms with Gasteiger partial charge in [-0.3, -0.25) is 9.89 Å². The van der Waals surface area contributed by atoms with Crippen LogP contribution in [0, 0.1) is 0 Å². The molecular formula is C19H29N5OS. The Balaban J connectivity index is 1.48. The van der Waals surface area contributed by atoms with Crippen molar-refractivity contribution in [2.75, 3.05) is 45.7 Å². The normalized spacial score (nSPS) is 17.5. The minimum absolute atomic E-state index is 0.171. The maximum atomic E-state index is 5.57. The third-order valence-electron chi connectivity index (χ3n) is 4.84. The summed E-state index contributed by atoms with van der Waals surface area (Å²) in [5.41, 5.74) is 0. The van der Waals surface area contributed by atoms with Crippen LogP contribution in [0.4, 0.5) is 5.00 Å². The lowest BCUT2D eigenvalue weighted by Crippen LogP contribution is -2.49. The maximum absolute atomic E-state index is 5.57. The van der Waals surface area contributed by atoms with E-state index in [1.807, 2.05) is 30.5 Å². The number of furan rings is 1. The second kappa shape index (κ2) is 9.09. The second-order valence-corrected chi connectivity index (χ2v) is 7.73. The van der Waals surface area contributed by atoms with Gasteiger partial charge in [0.25, 0.3) is 0 Å². The molecule has 1 unspecified atom stereocenters. The summed E-state index contributed by atoms with van der Waals surface area (Å²) in [4.78, 5) is 9.02. The Morgan fingerprint density at radius 1 is 1.35 bits per heavy atom. The summed E-state index contributed by atoms with van der Waals surface area (Å²) in [6.07, 6.45) is 3.96. The molecule has 1 aliphatic rings. The zero-order valence-corrected chi connectivity index (χ0v) is 16.6. The standard InChI is InChI=1S/C19H29N5OS/c1-20-19(21-14-16(23(2)3)17-6-4-12-25-17)22-15-8-10-24(11-9-15)18-7-5-13-26-18/h4-7,12-13,15-16H,8-11,14H2,1-3H3,(H2,20,21,22). The lowest BCUT2D eigenvalue weighted by atomic mass is 10.1. The van der Waals surface area contributed by atoms with Crippen LogP contribution in [-0.2, 0) is 0 Å².